The SMILES string of the molecule is COc1nsc(NC(=O)N2CC3CC(n4c(=O)[nH]c5cnc6c(ccn6S(=O)(=O)c6ccccc6)c54)C[C@H]3C2)n1. The van der Waals surface area contributed by atoms with E-state index in [9.17, 15) is 18.0 Å². The van der Waals surface area contributed by atoms with Crippen molar-refractivity contribution in [2.24, 2.45) is 11.8 Å². The van der Waals surface area contributed by atoms with Crippen molar-refractivity contribution in [1.82, 2.24) is 32.8 Å². The molecule has 1 saturated heterocycles. The number of methoxy groups -OCH3 is 1. The lowest BCUT2D eigenvalue weighted by Crippen LogP contribution is -2.34. The first-order valence-corrected chi connectivity index (χ1v) is 14.9. The highest BCUT2D eigenvalue weighted by molar-refractivity contribution is 7.90. The number of fused-ring (bicyclic) bond motifs is 4. The average molecular weight is 581 g/mol. The summed E-state index contributed by atoms with van der Waals surface area (Å²) in [5.74, 6) is 0.467. The first kappa shape index (κ1) is 24.8. The minimum Gasteiger partial charge on any atom is -0.466 e. The summed E-state index contributed by atoms with van der Waals surface area (Å²) < 4.78 is 38.5. The fraction of sp³-hybridized carbons (Fsp3) is 0.320. The number of aromatic nitrogens is 6. The number of nitrogens with one attached hydrogen (secondary N) is 2. The molecule has 2 N–H and O–H groups in total. The number of aromatic amines is 1. The van der Waals surface area contributed by atoms with Gasteiger partial charge in [0.1, 0.15) is 0 Å². The van der Waals surface area contributed by atoms with Crippen LogP contribution in [0.2, 0.25) is 0 Å². The third-order valence-corrected chi connectivity index (χ3v) is 10.1. The number of ether oxygens (including phenoxy) is 1. The Morgan fingerprint density at radius 3 is 2.60 bits per heavy atom. The highest BCUT2D eigenvalue weighted by Gasteiger charge is 2.44. The number of urea groups is 1. The van der Waals surface area contributed by atoms with Crippen LogP contribution < -0.4 is 15.7 Å². The molecule has 1 saturated carbocycles. The van der Waals surface area contributed by atoms with Crippen molar-refractivity contribution in [2.75, 3.05) is 25.5 Å². The van der Waals surface area contributed by atoms with Crippen LogP contribution in [0.15, 0.2) is 58.5 Å². The minimum absolute atomic E-state index is 0.0893. The Labute approximate surface area is 231 Å². The van der Waals surface area contributed by atoms with Gasteiger partial charge in [-0.15, -0.1) is 4.37 Å². The van der Waals surface area contributed by atoms with Crippen LogP contribution in [-0.4, -0.2) is 67.4 Å². The Bertz CT molecular complexity index is 1910. The van der Waals surface area contributed by atoms with Crippen molar-refractivity contribution in [3.63, 3.8) is 0 Å². The number of likely N-dealkylation sites (tertiary alicyclic amines) is 1. The van der Waals surface area contributed by atoms with Gasteiger partial charge in [-0.3, -0.25) is 9.88 Å². The number of amides is 2. The van der Waals surface area contributed by atoms with Crippen LogP contribution in [0.4, 0.5) is 9.93 Å². The first-order chi connectivity index (χ1) is 19.3. The molecule has 1 aliphatic heterocycles. The van der Waals surface area contributed by atoms with E-state index >= 15 is 0 Å². The van der Waals surface area contributed by atoms with E-state index < -0.39 is 10.0 Å². The first-order valence-electron chi connectivity index (χ1n) is 12.7. The molecule has 2 unspecified atom stereocenters. The zero-order valence-corrected chi connectivity index (χ0v) is 22.9. The quantitative estimate of drug-likeness (QED) is 0.321. The summed E-state index contributed by atoms with van der Waals surface area (Å²) >= 11 is 1.06. The van der Waals surface area contributed by atoms with Gasteiger partial charge in [-0.1, -0.05) is 18.2 Å². The topological polar surface area (TPSA) is 157 Å². The van der Waals surface area contributed by atoms with Crippen molar-refractivity contribution >= 4 is 54.8 Å². The van der Waals surface area contributed by atoms with Crippen LogP contribution in [0.1, 0.15) is 18.9 Å². The number of hydrogen-bond acceptors (Lipinski definition) is 9. The van der Waals surface area contributed by atoms with Crippen LogP contribution in [0.25, 0.3) is 22.1 Å². The summed E-state index contributed by atoms with van der Waals surface area (Å²) in [5.41, 5.74) is 1.20. The van der Waals surface area contributed by atoms with Gasteiger partial charge in [0.15, 0.2) is 5.65 Å². The summed E-state index contributed by atoms with van der Waals surface area (Å²) in [6.07, 6.45) is 4.44. The molecule has 15 heteroatoms. The fourth-order valence-electron chi connectivity index (χ4n) is 6.08. The Kier molecular flexibility index (Phi) is 5.67. The van der Waals surface area contributed by atoms with Gasteiger partial charge in [-0.25, -0.2) is 27.0 Å². The monoisotopic (exact) mass is 580 g/mol. The summed E-state index contributed by atoms with van der Waals surface area (Å²) in [6, 6.07) is 9.76. The normalized spacial score (nSPS) is 20.8. The Balaban J connectivity index is 1.16. The molecule has 1 aromatic carbocycles. The number of carbonyl (C=O) groups is 1. The number of imidazole rings is 1. The van der Waals surface area contributed by atoms with Crippen LogP contribution in [0.5, 0.6) is 6.01 Å². The van der Waals surface area contributed by atoms with Gasteiger partial charge in [0.05, 0.1) is 29.2 Å². The number of rotatable bonds is 5. The molecule has 7 rings (SSSR count). The van der Waals surface area contributed by atoms with E-state index in [1.165, 1.54) is 31.6 Å². The van der Waals surface area contributed by atoms with E-state index in [0.29, 0.717) is 34.6 Å². The molecule has 5 heterocycles. The van der Waals surface area contributed by atoms with Crippen molar-refractivity contribution in [3.8, 4) is 6.01 Å². The Morgan fingerprint density at radius 2 is 1.90 bits per heavy atom. The molecule has 0 bridgehead atoms. The second-order valence-corrected chi connectivity index (χ2v) is 12.6. The lowest BCUT2D eigenvalue weighted by atomic mass is 10.0. The molecule has 4 aromatic heterocycles. The van der Waals surface area contributed by atoms with Gasteiger partial charge >= 0.3 is 17.7 Å². The number of anilines is 1. The average Bonchev–Trinajstić information content (AvgIpc) is 3.75. The largest absolute Gasteiger partial charge is 0.466 e. The molecule has 2 amide bonds. The summed E-state index contributed by atoms with van der Waals surface area (Å²) in [4.78, 5) is 39.3. The van der Waals surface area contributed by atoms with E-state index in [1.807, 2.05) is 0 Å². The highest BCUT2D eigenvalue weighted by Crippen LogP contribution is 2.45. The van der Waals surface area contributed by atoms with Gasteiger partial charge in [0, 0.05) is 42.2 Å². The molecule has 2 aliphatic rings. The van der Waals surface area contributed by atoms with E-state index in [1.54, 1.807) is 33.7 Å². The maximum absolute atomic E-state index is 13.3. The van der Waals surface area contributed by atoms with Crippen molar-refractivity contribution in [1.29, 1.82) is 0 Å². The standard InChI is InChI=1S/C25H24N8O5S2/c1-38-22-28-23(39-30-22)29-24(34)31-12-14-9-16(10-15(14)13-31)33-20-18-7-8-32(21(18)26-11-19(20)27-25(33)35)40(36,37)17-5-3-2-4-6-17/h2-8,11,14-16H,9-10,12-13H2,1H3,(H,27,35)(H,28,29,30,34)/t14-,15?,16?/m0/s1. The molecule has 1 aliphatic carbocycles. The van der Waals surface area contributed by atoms with Crippen molar-refractivity contribution in [2.45, 2.75) is 23.8 Å². The third kappa shape index (κ3) is 3.87. The Hall–Kier alpha value is -4.24. The van der Waals surface area contributed by atoms with E-state index in [2.05, 4.69) is 24.6 Å². The van der Waals surface area contributed by atoms with Gasteiger partial charge in [0.2, 0.25) is 5.13 Å². The molecule has 13 nitrogen and oxygen atoms in total. The van der Waals surface area contributed by atoms with Crippen LogP contribution in [0.3, 0.4) is 0 Å². The number of hydrogen-bond donors (Lipinski definition) is 2. The van der Waals surface area contributed by atoms with Crippen LogP contribution >= 0.6 is 11.5 Å². The smallest absolute Gasteiger partial charge is 0.329 e. The van der Waals surface area contributed by atoms with Gasteiger partial charge in [-0.05, 0) is 42.9 Å². The second-order valence-electron chi connectivity index (χ2n) is 10.1. The van der Waals surface area contributed by atoms with E-state index in [4.69, 9.17) is 4.74 Å². The molecule has 40 heavy (non-hydrogen) atoms. The Morgan fingerprint density at radius 1 is 1.15 bits per heavy atom. The number of H-pyrrole nitrogens is 1. The molecule has 3 atom stereocenters. The predicted octanol–water partition coefficient (Wildman–Crippen LogP) is 2.89. The lowest BCUT2D eigenvalue weighted by molar-refractivity contribution is 0.217. The molecule has 0 radical (unpaired) electrons. The zero-order valence-electron chi connectivity index (χ0n) is 21.2. The van der Waals surface area contributed by atoms with Gasteiger partial charge in [0.25, 0.3) is 10.0 Å². The van der Waals surface area contributed by atoms with E-state index in [0.717, 1.165) is 28.3 Å². The molecule has 0 spiro atoms. The van der Waals surface area contributed by atoms with E-state index in [-0.39, 0.29) is 46.2 Å². The molecular formula is C25H24N8O5S2. The zero-order chi connectivity index (χ0) is 27.6. The summed E-state index contributed by atoms with van der Waals surface area (Å²) in [6.45, 7) is 1.14. The van der Waals surface area contributed by atoms with Crippen LogP contribution in [0, 0.1) is 11.8 Å². The van der Waals surface area contributed by atoms with Crippen molar-refractivity contribution < 1.29 is 17.9 Å². The maximum Gasteiger partial charge on any atom is 0.329 e. The highest BCUT2D eigenvalue weighted by atomic mass is 32.2. The number of pyridine rings is 1. The van der Waals surface area contributed by atoms with Gasteiger partial charge in [-0.2, -0.15) is 4.98 Å². The molecule has 206 valence electrons. The lowest BCUT2D eigenvalue weighted by Gasteiger charge is -2.20. The predicted molar refractivity (Wildman–Crippen MR) is 147 cm³/mol. The van der Waals surface area contributed by atoms with Gasteiger partial charge < -0.3 is 14.6 Å². The fourth-order valence-corrected chi connectivity index (χ4v) is 7.94. The maximum atomic E-state index is 13.3. The number of carbonyl (C=O) groups excluding carboxylic acids is 1. The minimum atomic E-state index is -3.87. The van der Waals surface area contributed by atoms with Crippen molar-refractivity contribution in [3.05, 3.63) is 59.3 Å². The molecule has 5 aromatic rings. The summed E-state index contributed by atoms with van der Waals surface area (Å²) in [5, 5.41) is 3.74. The third-order valence-electron chi connectivity index (χ3n) is 7.84. The molecule has 2 fully saturated rings. The number of nitrogens with zero attached hydrogens (tertiary/aromatic N) is 6. The summed E-state index contributed by atoms with van der Waals surface area (Å²) in [7, 11) is -2.40. The molecular weight excluding hydrogens is 556 g/mol. The second kappa shape index (κ2) is 9.16. The number of benzene rings is 1. The van der Waals surface area contributed by atoms with Crippen LogP contribution in [-0.2, 0) is 10.0 Å².